The Morgan fingerprint density at radius 3 is 2.67 bits per heavy atom. The molecule has 21 heavy (non-hydrogen) atoms. The summed E-state index contributed by atoms with van der Waals surface area (Å²) in [5, 5.41) is 5.80. The molecule has 2 heterocycles. The van der Waals surface area contributed by atoms with Crippen LogP contribution in [0.25, 0.3) is 17.0 Å². The monoisotopic (exact) mass is 283 g/mol. The lowest BCUT2D eigenvalue weighted by Crippen LogP contribution is -2.22. The maximum Gasteiger partial charge on any atom is 0.326 e. The van der Waals surface area contributed by atoms with Crippen LogP contribution in [-0.2, 0) is 4.79 Å². The van der Waals surface area contributed by atoms with Crippen LogP contribution in [0.15, 0.2) is 36.2 Å². The van der Waals surface area contributed by atoms with Crippen molar-refractivity contribution in [3.63, 3.8) is 0 Å². The van der Waals surface area contributed by atoms with Gasteiger partial charge in [0, 0.05) is 28.7 Å². The van der Waals surface area contributed by atoms with Gasteiger partial charge in [0.1, 0.15) is 5.70 Å². The van der Waals surface area contributed by atoms with Crippen LogP contribution in [0.1, 0.15) is 31.9 Å². The average molecular weight is 283 g/mol. The third kappa shape index (κ3) is 2.31. The van der Waals surface area contributed by atoms with Gasteiger partial charge in [0.15, 0.2) is 0 Å². The first-order chi connectivity index (χ1) is 10.1. The van der Waals surface area contributed by atoms with Crippen LogP contribution in [0.2, 0.25) is 0 Å². The number of nitrogens with zero attached hydrogens (tertiary/aromatic N) is 1. The van der Waals surface area contributed by atoms with E-state index in [-0.39, 0.29) is 11.6 Å². The largest absolute Gasteiger partial charge is 0.344 e. The minimum Gasteiger partial charge on any atom is -0.344 e. The lowest BCUT2D eigenvalue weighted by Gasteiger charge is -2.12. The molecule has 0 aliphatic carbocycles. The number of rotatable bonds is 3. The highest BCUT2D eigenvalue weighted by atomic mass is 16.2. The number of nitrogens with one attached hydrogen (secondary N) is 2. The average Bonchev–Trinajstić information content (AvgIpc) is 2.99. The minimum absolute atomic E-state index is 0.284. The Balaban J connectivity index is 2.13. The number of urea groups is 1. The molecule has 1 aromatic heterocycles. The zero-order valence-electron chi connectivity index (χ0n) is 12.0. The topological polar surface area (TPSA) is 63.1 Å². The maximum atomic E-state index is 11.7. The van der Waals surface area contributed by atoms with Crippen LogP contribution in [0, 0.1) is 0 Å². The number of benzene rings is 1. The van der Waals surface area contributed by atoms with E-state index in [0.717, 1.165) is 22.9 Å². The molecule has 0 spiro atoms. The number of para-hydroxylation sites is 1. The smallest absolute Gasteiger partial charge is 0.326 e. The van der Waals surface area contributed by atoms with Crippen LogP contribution in [-0.4, -0.2) is 16.5 Å². The first-order valence-electron chi connectivity index (χ1n) is 7.03. The maximum absolute atomic E-state index is 11.7. The Labute approximate surface area is 122 Å². The lowest BCUT2D eigenvalue weighted by atomic mass is 10.1. The van der Waals surface area contributed by atoms with E-state index in [0.29, 0.717) is 6.04 Å². The molecule has 2 aromatic rings. The van der Waals surface area contributed by atoms with Crippen molar-refractivity contribution < 1.29 is 9.59 Å². The molecular weight excluding hydrogens is 266 g/mol. The third-order valence-corrected chi connectivity index (χ3v) is 3.86. The molecule has 108 valence electrons. The molecule has 1 unspecified atom stereocenters. The summed E-state index contributed by atoms with van der Waals surface area (Å²) in [6.07, 6.45) is 4.77. The van der Waals surface area contributed by atoms with Gasteiger partial charge in [-0.1, -0.05) is 25.1 Å². The molecule has 1 aliphatic heterocycles. The van der Waals surface area contributed by atoms with E-state index < -0.39 is 6.03 Å². The third-order valence-electron chi connectivity index (χ3n) is 3.86. The summed E-state index contributed by atoms with van der Waals surface area (Å²) in [6, 6.07) is 7.96. The van der Waals surface area contributed by atoms with Gasteiger partial charge in [0.2, 0.25) is 0 Å². The van der Waals surface area contributed by atoms with Gasteiger partial charge in [-0.3, -0.25) is 10.1 Å². The molecule has 5 nitrogen and oxygen atoms in total. The molecule has 1 fully saturated rings. The van der Waals surface area contributed by atoms with Crippen LogP contribution < -0.4 is 10.6 Å². The Morgan fingerprint density at radius 2 is 2.00 bits per heavy atom. The highest BCUT2D eigenvalue weighted by Gasteiger charge is 2.23. The van der Waals surface area contributed by atoms with Crippen molar-refractivity contribution in [3.05, 3.63) is 41.7 Å². The van der Waals surface area contributed by atoms with E-state index >= 15 is 0 Å². The van der Waals surface area contributed by atoms with Gasteiger partial charge in [0.25, 0.3) is 5.91 Å². The molecule has 0 saturated carbocycles. The SMILES string of the molecule is CCC(C)n1cc(/C=C2/NC(=O)NC2=O)c2ccccc21. The molecular formula is C16H17N3O2. The molecule has 5 heteroatoms. The standard InChI is InChI=1S/C16H17N3O2/c1-3-10(2)19-9-11(12-6-4-5-7-14(12)19)8-13-15(20)18-16(21)17-13/h4-10H,3H2,1-2H3,(H2,17,18,20,21)/b13-8+. The minimum atomic E-state index is -0.475. The molecule has 1 atom stereocenters. The van der Waals surface area contributed by atoms with Crippen LogP contribution in [0.4, 0.5) is 4.79 Å². The van der Waals surface area contributed by atoms with Crippen molar-refractivity contribution in [3.8, 4) is 0 Å². The molecule has 0 radical (unpaired) electrons. The van der Waals surface area contributed by atoms with E-state index in [1.54, 1.807) is 6.08 Å². The van der Waals surface area contributed by atoms with Crippen LogP contribution in [0.5, 0.6) is 0 Å². The second-order valence-electron chi connectivity index (χ2n) is 5.23. The van der Waals surface area contributed by atoms with E-state index in [1.165, 1.54) is 0 Å². The van der Waals surface area contributed by atoms with E-state index in [1.807, 2.05) is 24.4 Å². The molecule has 0 bridgehead atoms. The summed E-state index contributed by atoms with van der Waals surface area (Å²) in [6.45, 7) is 4.30. The fourth-order valence-electron chi connectivity index (χ4n) is 2.55. The van der Waals surface area contributed by atoms with Gasteiger partial charge in [-0.25, -0.2) is 4.79 Å². The van der Waals surface area contributed by atoms with Crippen molar-refractivity contribution in [2.24, 2.45) is 0 Å². The molecule has 3 rings (SSSR count). The van der Waals surface area contributed by atoms with Gasteiger partial charge in [0.05, 0.1) is 0 Å². The molecule has 1 aromatic carbocycles. The Kier molecular flexibility index (Phi) is 3.25. The van der Waals surface area contributed by atoms with Gasteiger partial charge in [-0.15, -0.1) is 0 Å². The van der Waals surface area contributed by atoms with Crippen molar-refractivity contribution in [1.29, 1.82) is 0 Å². The lowest BCUT2D eigenvalue weighted by molar-refractivity contribution is -0.115. The normalized spacial score (nSPS) is 18.1. The predicted octanol–water partition coefficient (Wildman–Crippen LogP) is 2.79. The number of amides is 3. The molecule has 2 N–H and O–H groups in total. The van der Waals surface area contributed by atoms with Crippen LogP contribution >= 0.6 is 0 Å². The number of carbonyl (C=O) groups excluding carboxylic acids is 2. The van der Waals surface area contributed by atoms with Crippen molar-refractivity contribution in [2.45, 2.75) is 26.3 Å². The van der Waals surface area contributed by atoms with Gasteiger partial charge in [-0.05, 0) is 25.5 Å². The summed E-state index contributed by atoms with van der Waals surface area (Å²) in [5.41, 5.74) is 2.34. The van der Waals surface area contributed by atoms with Crippen molar-refractivity contribution in [1.82, 2.24) is 15.2 Å². The quantitative estimate of drug-likeness (QED) is 0.672. The Morgan fingerprint density at radius 1 is 1.24 bits per heavy atom. The molecule has 1 aliphatic rings. The zero-order valence-corrected chi connectivity index (χ0v) is 12.0. The Bertz CT molecular complexity index is 758. The first-order valence-corrected chi connectivity index (χ1v) is 7.03. The number of hydrogen-bond donors (Lipinski definition) is 2. The van der Waals surface area contributed by atoms with Crippen molar-refractivity contribution >= 4 is 28.9 Å². The fourth-order valence-corrected chi connectivity index (χ4v) is 2.55. The van der Waals surface area contributed by atoms with E-state index in [2.05, 4.69) is 35.1 Å². The summed E-state index contributed by atoms with van der Waals surface area (Å²) in [4.78, 5) is 22.8. The van der Waals surface area contributed by atoms with Crippen LogP contribution in [0.3, 0.4) is 0 Å². The summed E-state index contributed by atoms with van der Waals surface area (Å²) < 4.78 is 2.20. The zero-order chi connectivity index (χ0) is 15.0. The number of carbonyl (C=O) groups is 2. The number of imide groups is 1. The van der Waals surface area contributed by atoms with Crippen molar-refractivity contribution in [2.75, 3.05) is 0 Å². The fraction of sp³-hybridized carbons (Fsp3) is 0.250. The predicted molar refractivity (Wildman–Crippen MR) is 81.6 cm³/mol. The second-order valence-corrected chi connectivity index (χ2v) is 5.23. The summed E-state index contributed by atoms with van der Waals surface area (Å²) in [7, 11) is 0. The second kappa shape index (κ2) is 5.09. The molecule has 3 amide bonds. The highest BCUT2D eigenvalue weighted by Crippen LogP contribution is 2.27. The summed E-state index contributed by atoms with van der Waals surface area (Å²) in [5.74, 6) is -0.389. The van der Waals surface area contributed by atoms with E-state index in [4.69, 9.17) is 0 Å². The highest BCUT2D eigenvalue weighted by molar-refractivity contribution is 6.14. The first kappa shape index (κ1) is 13.4. The van der Waals surface area contributed by atoms with Gasteiger partial charge in [-0.2, -0.15) is 0 Å². The van der Waals surface area contributed by atoms with E-state index in [9.17, 15) is 9.59 Å². The Hall–Kier alpha value is -2.56. The number of fused-ring (bicyclic) bond motifs is 1. The van der Waals surface area contributed by atoms with Gasteiger partial charge < -0.3 is 9.88 Å². The number of hydrogen-bond acceptors (Lipinski definition) is 2. The summed E-state index contributed by atoms with van der Waals surface area (Å²) >= 11 is 0. The van der Waals surface area contributed by atoms with Gasteiger partial charge >= 0.3 is 6.03 Å². The molecule has 1 saturated heterocycles. The number of aromatic nitrogens is 1.